The molecule has 0 aliphatic carbocycles. The van der Waals surface area contributed by atoms with Gasteiger partial charge in [0.05, 0.1) is 11.5 Å². The van der Waals surface area contributed by atoms with Gasteiger partial charge < -0.3 is 10.1 Å². The number of hydrogen-bond donors (Lipinski definition) is 1. The Labute approximate surface area is 119 Å². The highest BCUT2D eigenvalue weighted by Crippen LogP contribution is 2.26. The smallest absolute Gasteiger partial charge is 0.110 e. The van der Waals surface area contributed by atoms with Gasteiger partial charge in [-0.1, -0.05) is 32.6 Å². The van der Waals surface area contributed by atoms with E-state index in [0.29, 0.717) is 6.61 Å². The van der Waals surface area contributed by atoms with Gasteiger partial charge in [0.1, 0.15) is 5.69 Å². The molecule has 0 spiro atoms. The number of benzene rings is 1. The average molecular weight is 328 g/mol. The van der Waals surface area contributed by atoms with Crippen molar-refractivity contribution in [3.8, 4) is 11.3 Å². The van der Waals surface area contributed by atoms with E-state index in [1.54, 1.807) is 7.11 Å². The molecule has 2 aromatic rings. The van der Waals surface area contributed by atoms with E-state index >= 15 is 0 Å². The molecule has 0 radical (unpaired) electrons. The Bertz CT molecular complexity index is 504. The predicted octanol–water partition coefficient (Wildman–Crippen LogP) is 2.70. The van der Waals surface area contributed by atoms with Crippen molar-refractivity contribution in [3.05, 3.63) is 33.6 Å². The summed E-state index contributed by atoms with van der Waals surface area (Å²) in [5.41, 5.74) is 2.04. The Hall–Kier alpha value is -0.820. The van der Waals surface area contributed by atoms with E-state index in [-0.39, 0.29) is 0 Å². The van der Waals surface area contributed by atoms with Crippen molar-refractivity contribution in [2.75, 3.05) is 20.3 Å². The highest BCUT2D eigenvalue weighted by atomic mass is 79.9. The lowest BCUT2D eigenvalue weighted by Gasteiger charge is -2.04. The number of nitrogens with one attached hydrogen (secondary N) is 1. The molecule has 0 amide bonds. The number of nitrogens with zero attached hydrogens (tertiary/aromatic N) is 2. The third-order valence-corrected chi connectivity index (χ3v) is 3.64. The third-order valence-electron chi connectivity index (χ3n) is 2.42. The fourth-order valence-corrected chi connectivity index (χ4v) is 2.59. The molecule has 0 unspecified atom stereocenters. The number of methoxy groups -OCH3 is 1. The maximum Gasteiger partial charge on any atom is 0.110 e. The molecule has 0 bridgehead atoms. The van der Waals surface area contributed by atoms with E-state index in [1.807, 2.05) is 18.2 Å². The lowest BCUT2D eigenvalue weighted by molar-refractivity contribution is 0.199. The molecule has 1 N–H and O–H groups in total. The molecule has 0 fully saturated rings. The molecule has 0 aliphatic rings. The summed E-state index contributed by atoms with van der Waals surface area (Å²) < 4.78 is 10.1. The highest BCUT2D eigenvalue weighted by molar-refractivity contribution is 9.10. The van der Waals surface area contributed by atoms with Gasteiger partial charge in [0, 0.05) is 30.2 Å². The first-order valence-corrected chi connectivity index (χ1v) is 7.14. The molecule has 1 aromatic heterocycles. The number of halogens is 1. The van der Waals surface area contributed by atoms with Gasteiger partial charge in [-0.05, 0) is 23.7 Å². The summed E-state index contributed by atoms with van der Waals surface area (Å²) in [6.45, 7) is 2.30. The summed E-state index contributed by atoms with van der Waals surface area (Å²) in [6.07, 6.45) is 0. The molecule has 0 saturated carbocycles. The summed E-state index contributed by atoms with van der Waals surface area (Å²) in [6, 6.07) is 8.09. The van der Waals surface area contributed by atoms with E-state index in [0.717, 1.165) is 33.7 Å². The molecule has 96 valence electrons. The second kappa shape index (κ2) is 6.94. The first-order chi connectivity index (χ1) is 8.81. The van der Waals surface area contributed by atoms with Gasteiger partial charge >= 0.3 is 0 Å². The van der Waals surface area contributed by atoms with Crippen LogP contribution in [0.2, 0.25) is 0 Å². The largest absolute Gasteiger partial charge is 0.383 e. The van der Waals surface area contributed by atoms with Crippen molar-refractivity contribution in [3.63, 3.8) is 0 Å². The summed E-state index contributed by atoms with van der Waals surface area (Å²) in [5.74, 6) is 0. The zero-order valence-corrected chi connectivity index (χ0v) is 12.4. The second-order valence-electron chi connectivity index (χ2n) is 3.72. The normalized spacial score (nSPS) is 10.8. The molecule has 2 rings (SSSR count). The monoisotopic (exact) mass is 327 g/mol. The Morgan fingerprint density at radius 3 is 3.11 bits per heavy atom. The lowest BCUT2D eigenvalue weighted by Crippen LogP contribution is -2.18. The number of aromatic nitrogens is 2. The maximum atomic E-state index is 5.00. The van der Waals surface area contributed by atoms with Crippen molar-refractivity contribution < 1.29 is 4.74 Å². The van der Waals surface area contributed by atoms with E-state index in [9.17, 15) is 0 Å². The second-order valence-corrected chi connectivity index (χ2v) is 5.48. The Kier molecular flexibility index (Phi) is 5.25. The average Bonchev–Trinajstić information content (AvgIpc) is 2.83. The van der Waals surface area contributed by atoms with E-state index < -0.39 is 0 Å². The minimum atomic E-state index is 0.707. The Morgan fingerprint density at radius 1 is 1.44 bits per heavy atom. The van der Waals surface area contributed by atoms with Gasteiger partial charge in [-0.2, -0.15) is 0 Å². The van der Waals surface area contributed by atoms with Crippen LogP contribution in [0.4, 0.5) is 0 Å². The molecule has 18 heavy (non-hydrogen) atoms. The van der Waals surface area contributed by atoms with Crippen LogP contribution in [0.3, 0.4) is 0 Å². The van der Waals surface area contributed by atoms with Crippen molar-refractivity contribution >= 4 is 27.5 Å². The van der Waals surface area contributed by atoms with Crippen LogP contribution < -0.4 is 5.32 Å². The maximum absolute atomic E-state index is 5.00. The predicted molar refractivity (Wildman–Crippen MR) is 76.6 cm³/mol. The molecule has 0 saturated heterocycles. The van der Waals surface area contributed by atoms with Crippen LogP contribution in [-0.4, -0.2) is 29.8 Å². The Balaban J connectivity index is 2.08. The molecular weight excluding hydrogens is 314 g/mol. The fourth-order valence-electron chi connectivity index (χ4n) is 1.56. The van der Waals surface area contributed by atoms with E-state index in [4.69, 9.17) is 4.74 Å². The Morgan fingerprint density at radius 2 is 2.33 bits per heavy atom. The fraction of sp³-hybridized carbons (Fsp3) is 0.333. The van der Waals surface area contributed by atoms with Crippen molar-refractivity contribution in [2.24, 2.45) is 0 Å². The topological polar surface area (TPSA) is 47.0 Å². The van der Waals surface area contributed by atoms with Crippen molar-refractivity contribution in [2.45, 2.75) is 6.54 Å². The van der Waals surface area contributed by atoms with E-state index in [1.165, 1.54) is 11.5 Å². The molecular formula is C12H14BrN3OS. The minimum Gasteiger partial charge on any atom is -0.383 e. The zero-order chi connectivity index (χ0) is 12.8. The van der Waals surface area contributed by atoms with Crippen LogP contribution in [-0.2, 0) is 11.3 Å². The molecule has 4 nitrogen and oxygen atoms in total. The number of ether oxygens (including phenoxy) is 1. The molecule has 6 heteroatoms. The quantitative estimate of drug-likeness (QED) is 0.829. The van der Waals surface area contributed by atoms with Gasteiger partial charge in [0.25, 0.3) is 0 Å². The van der Waals surface area contributed by atoms with Crippen LogP contribution in [0.25, 0.3) is 11.3 Å². The van der Waals surface area contributed by atoms with Crippen molar-refractivity contribution in [1.82, 2.24) is 14.9 Å². The first kappa shape index (κ1) is 13.6. The summed E-state index contributed by atoms with van der Waals surface area (Å²) in [7, 11) is 1.70. The molecule has 1 heterocycles. The number of hydrogen-bond acceptors (Lipinski definition) is 5. The minimum absolute atomic E-state index is 0.707. The summed E-state index contributed by atoms with van der Waals surface area (Å²) in [4.78, 5) is 1.14. The molecule has 1 aromatic carbocycles. The van der Waals surface area contributed by atoms with Crippen LogP contribution in [0, 0.1) is 0 Å². The van der Waals surface area contributed by atoms with Crippen LogP contribution in [0.1, 0.15) is 4.88 Å². The molecule has 0 atom stereocenters. The van der Waals surface area contributed by atoms with Crippen LogP contribution in [0.5, 0.6) is 0 Å². The van der Waals surface area contributed by atoms with Gasteiger partial charge in [-0.25, -0.2) is 0 Å². The number of rotatable bonds is 6. The third kappa shape index (κ3) is 3.58. The first-order valence-electron chi connectivity index (χ1n) is 5.58. The van der Waals surface area contributed by atoms with Gasteiger partial charge in [0.2, 0.25) is 0 Å². The summed E-state index contributed by atoms with van der Waals surface area (Å²) in [5, 5.41) is 7.51. The zero-order valence-electron chi connectivity index (χ0n) is 10.0. The van der Waals surface area contributed by atoms with Crippen molar-refractivity contribution in [1.29, 1.82) is 0 Å². The van der Waals surface area contributed by atoms with Crippen LogP contribution in [0.15, 0.2) is 28.7 Å². The van der Waals surface area contributed by atoms with Crippen LogP contribution >= 0.6 is 27.5 Å². The summed E-state index contributed by atoms with van der Waals surface area (Å²) >= 11 is 4.90. The standard InChI is InChI=1S/C12H14BrN3OS/c1-17-6-5-14-8-11-12(15-16-18-11)9-3-2-4-10(13)7-9/h2-4,7,14H,5-6,8H2,1H3. The lowest BCUT2D eigenvalue weighted by atomic mass is 10.1. The van der Waals surface area contributed by atoms with E-state index in [2.05, 4.69) is 36.9 Å². The molecule has 0 aliphatic heterocycles. The highest BCUT2D eigenvalue weighted by Gasteiger charge is 2.10. The van der Waals surface area contributed by atoms with Gasteiger partial charge in [-0.15, -0.1) is 5.10 Å². The van der Waals surface area contributed by atoms with Gasteiger partial charge in [0.15, 0.2) is 0 Å². The van der Waals surface area contributed by atoms with Gasteiger partial charge in [-0.3, -0.25) is 0 Å². The SMILES string of the molecule is COCCNCc1snnc1-c1cccc(Br)c1.